The van der Waals surface area contributed by atoms with Crippen LogP contribution in [0.2, 0.25) is 0 Å². The predicted molar refractivity (Wildman–Crippen MR) is 131 cm³/mol. The van der Waals surface area contributed by atoms with E-state index >= 15 is 0 Å². The summed E-state index contributed by atoms with van der Waals surface area (Å²) in [5.41, 5.74) is 2.97. The predicted octanol–water partition coefficient (Wildman–Crippen LogP) is 9.08. The number of hydrogen-bond acceptors (Lipinski definition) is 0. The second kappa shape index (κ2) is 8.44. The first kappa shape index (κ1) is 22.7. The molecule has 0 spiro atoms. The number of fused-ring (bicyclic) bond motifs is 5. The van der Waals surface area contributed by atoms with Crippen molar-refractivity contribution in [2.24, 2.45) is 58.2 Å². The summed E-state index contributed by atoms with van der Waals surface area (Å²) in [4.78, 5) is 0. The molecule has 0 bridgehead atoms. The highest BCUT2D eigenvalue weighted by Gasteiger charge is 2.58. The first-order valence-electron chi connectivity index (χ1n) is 13.6. The normalized spacial score (nSPS) is 45.6. The van der Waals surface area contributed by atoms with Crippen LogP contribution in [0.4, 0.5) is 0 Å². The van der Waals surface area contributed by atoms with Crippen LogP contribution in [-0.2, 0) is 0 Å². The maximum absolute atomic E-state index is 2.74. The molecule has 0 aromatic heterocycles. The SMILES string of the molecule is CC[C@@H](/C=C/[C@@H](C)[C@H]1CC[C@@H]2[C@H]3CC=C4C[C@H](C)CC[C@@]4(C)[C@@H]3CC[C@@]21C)C(C)C. The van der Waals surface area contributed by atoms with Crippen LogP contribution in [0.15, 0.2) is 23.8 Å². The van der Waals surface area contributed by atoms with E-state index < -0.39 is 0 Å². The Morgan fingerprint density at radius 3 is 2.47 bits per heavy atom. The van der Waals surface area contributed by atoms with Gasteiger partial charge in [-0.25, -0.2) is 0 Å². The summed E-state index contributed by atoms with van der Waals surface area (Å²) in [6, 6.07) is 0. The van der Waals surface area contributed by atoms with Gasteiger partial charge in [-0.2, -0.15) is 0 Å². The largest absolute Gasteiger partial charge is 0.0851 e. The van der Waals surface area contributed by atoms with Gasteiger partial charge in [0.1, 0.15) is 0 Å². The molecular formula is C30H50. The van der Waals surface area contributed by atoms with Crippen LogP contribution in [0.5, 0.6) is 0 Å². The molecule has 0 N–H and O–H groups in total. The van der Waals surface area contributed by atoms with Crippen molar-refractivity contribution in [3.8, 4) is 0 Å². The quantitative estimate of drug-likeness (QED) is 0.396. The zero-order chi connectivity index (χ0) is 21.7. The Bertz CT molecular complexity index is 668. The smallest absolute Gasteiger partial charge is 0.00851 e. The summed E-state index contributed by atoms with van der Waals surface area (Å²) in [5, 5.41) is 0. The molecule has 3 saturated carbocycles. The maximum Gasteiger partial charge on any atom is -0.00851 e. The third-order valence-electron chi connectivity index (χ3n) is 11.0. The van der Waals surface area contributed by atoms with Crippen LogP contribution in [0.25, 0.3) is 0 Å². The van der Waals surface area contributed by atoms with Gasteiger partial charge in [0.2, 0.25) is 0 Å². The maximum atomic E-state index is 2.74. The van der Waals surface area contributed by atoms with Crippen molar-refractivity contribution in [2.75, 3.05) is 0 Å². The van der Waals surface area contributed by atoms with E-state index in [0.717, 1.165) is 47.3 Å². The Kier molecular flexibility index (Phi) is 6.38. The van der Waals surface area contributed by atoms with Crippen molar-refractivity contribution in [3.63, 3.8) is 0 Å². The van der Waals surface area contributed by atoms with E-state index in [9.17, 15) is 0 Å². The molecule has 9 atom stereocenters. The number of rotatable bonds is 5. The lowest BCUT2D eigenvalue weighted by atomic mass is 9.46. The summed E-state index contributed by atoms with van der Waals surface area (Å²) in [7, 11) is 0. The van der Waals surface area contributed by atoms with Gasteiger partial charge >= 0.3 is 0 Å². The van der Waals surface area contributed by atoms with E-state index in [0.29, 0.717) is 10.8 Å². The van der Waals surface area contributed by atoms with Crippen LogP contribution in [-0.4, -0.2) is 0 Å². The first-order chi connectivity index (χ1) is 14.2. The topological polar surface area (TPSA) is 0 Å². The molecule has 0 amide bonds. The van der Waals surface area contributed by atoms with E-state index in [2.05, 4.69) is 66.7 Å². The molecule has 0 saturated heterocycles. The van der Waals surface area contributed by atoms with Crippen LogP contribution in [0.3, 0.4) is 0 Å². The van der Waals surface area contributed by atoms with Crippen LogP contribution >= 0.6 is 0 Å². The second-order valence-corrected chi connectivity index (χ2v) is 12.9. The van der Waals surface area contributed by atoms with E-state index in [1.807, 2.05) is 5.57 Å². The van der Waals surface area contributed by atoms with Crippen molar-refractivity contribution >= 4 is 0 Å². The van der Waals surface area contributed by atoms with E-state index in [1.54, 1.807) is 0 Å². The van der Waals surface area contributed by atoms with Gasteiger partial charge in [0, 0.05) is 0 Å². The van der Waals surface area contributed by atoms with Gasteiger partial charge in [-0.1, -0.05) is 72.3 Å². The van der Waals surface area contributed by atoms with Crippen molar-refractivity contribution < 1.29 is 0 Å². The summed E-state index contributed by atoms with van der Waals surface area (Å²) in [6.45, 7) is 17.5. The lowest BCUT2D eigenvalue weighted by molar-refractivity contribution is -0.0486. The van der Waals surface area contributed by atoms with Gasteiger partial charge in [0.25, 0.3) is 0 Å². The molecule has 30 heavy (non-hydrogen) atoms. The summed E-state index contributed by atoms with van der Waals surface area (Å²) < 4.78 is 0. The molecule has 0 aromatic rings. The van der Waals surface area contributed by atoms with Gasteiger partial charge in [-0.15, -0.1) is 0 Å². The first-order valence-corrected chi connectivity index (χ1v) is 13.6. The van der Waals surface area contributed by atoms with E-state index in [1.165, 1.54) is 57.8 Å². The molecule has 0 unspecified atom stereocenters. The Labute approximate surface area is 188 Å². The summed E-state index contributed by atoms with van der Waals surface area (Å²) >= 11 is 0. The van der Waals surface area contributed by atoms with Crippen LogP contribution in [0, 0.1) is 58.2 Å². The average Bonchev–Trinajstić information content (AvgIpc) is 3.06. The minimum Gasteiger partial charge on any atom is -0.0851 e. The molecule has 0 radical (unpaired) electrons. The van der Waals surface area contributed by atoms with Crippen LogP contribution < -0.4 is 0 Å². The molecule has 0 nitrogen and oxygen atoms in total. The molecule has 3 fully saturated rings. The van der Waals surface area contributed by atoms with Gasteiger partial charge in [0.15, 0.2) is 0 Å². The minimum absolute atomic E-state index is 0.534. The fraction of sp³-hybridized carbons (Fsp3) is 0.867. The monoisotopic (exact) mass is 410 g/mol. The molecule has 4 aliphatic rings. The molecule has 0 aromatic carbocycles. The summed E-state index contributed by atoms with van der Waals surface area (Å²) in [6.07, 6.45) is 20.9. The van der Waals surface area contributed by atoms with Crippen molar-refractivity contribution in [1.82, 2.24) is 0 Å². The zero-order valence-electron chi connectivity index (χ0n) is 21.2. The third kappa shape index (κ3) is 3.67. The average molecular weight is 411 g/mol. The highest BCUT2D eigenvalue weighted by molar-refractivity contribution is 5.25. The van der Waals surface area contributed by atoms with E-state index in [4.69, 9.17) is 0 Å². The summed E-state index contributed by atoms with van der Waals surface area (Å²) in [5.74, 6) is 6.98. The lowest BCUT2D eigenvalue weighted by Crippen LogP contribution is -2.50. The molecule has 4 rings (SSSR count). The fourth-order valence-electron chi connectivity index (χ4n) is 9.03. The molecular weight excluding hydrogens is 360 g/mol. The van der Waals surface area contributed by atoms with E-state index in [-0.39, 0.29) is 0 Å². The number of hydrogen-bond donors (Lipinski definition) is 0. The minimum atomic E-state index is 0.534. The zero-order valence-corrected chi connectivity index (χ0v) is 21.2. The number of allylic oxidation sites excluding steroid dienone is 4. The van der Waals surface area contributed by atoms with Crippen molar-refractivity contribution in [1.29, 1.82) is 0 Å². The van der Waals surface area contributed by atoms with Crippen LogP contribution in [0.1, 0.15) is 106 Å². The van der Waals surface area contributed by atoms with Gasteiger partial charge in [0.05, 0.1) is 0 Å². The van der Waals surface area contributed by atoms with Gasteiger partial charge in [-0.3, -0.25) is 0 Å². The molecule has 0 heteroatoms. The molecule has 0 heterocycles. The Hall–Kier alpha value is -0.520. The third-order valence-corrected chi connectivity index (χ3v) is 11.0. The Balaban J connectivity index is 1.52. The fourth-order valence-corrected chi connectivity index (χ4v) is 9.03. The van der Waals surface area contributed by atoms with Gasteiger partial charge < -0.3 is 0 Å². The second-order valence-electron chi connectivity index (χ2n) is 12.9. The van der Waals surface area contributed by atoms with Crippen molar-refractivity contribution in [2.45, 2.75) is 106 Å². The standard InChI is InChI=1S/C30H50/c1-8-23(20(2)3)10-9-22(5)26-13-14-27-25-12-11-24-19-21(4)15-17-29(24,6)28(25)16-18-30(26,27)7/h9-11,20-23,25-28H,8,12-19H2,1-7H3/b10-9+/t21-,22-,23+,25-,26-,27-,28-,29-,30-/m1/s1. The molecule has 4 aliphatic carbocycles. The Morgan fingerprint density at radius 1 is 1.00 bits per heavy atom. The van der Waals surface area contributed by atoms with Crippen molar-refractivity contribution in [3.05, 3.63) is 23.8 Å². The highest BCUT2D eigenvalue weighted by Crippen LogP contribution is 2.67. The van der Waals surface area contributed by atoms with Gasteiger partial charge in [-0.05, 0) is 116 Å². The Morgan fingerprint density at radius 2 is 1.77 bits per heavy atom. The molecule has 0 aliphatic heterocycles. The molecule has 170 valence electrons. The highest BCUT2D eigenvalue weighted by atomic mass is 14.6. The lowest BCUT2D eigenvalue weighted by Gasteiger charge is -2.58.